The van der Waals surface area contributed by atoms with Gasteiger partial charge in [0.25, 0.3) is 0 Å². The predicted octanol–water partition coefficient (Wildman–Crippen LogP) is 3.79. The molecule has 0 aliphatic carbocycles. The molecular weight excluding hydrogens is 262 g/mol. The Balaban J connectivity index is 1.62. The van der Waals surface area contributed by atoms with E-state index in [0.717, 1.165) is 38.5 Å². The van der Waals surface area contributed by atoms with Gasteiger partial charge < -0.3 is 9.47 Å². The first-order chi connectivity index (χ1) is 10.4. The molecule has 0 aromatic heterocycles. The van der Waals surface area contributed by atoms with Crippen molar-refractivity contribution in [1.29, 1.82) is 0 Å². The Labute approximate surface area is 129 Å². The molecule has 0 unspecified atom stereocenters. The standard InChI is InChI=1S/C18H28NO2/c1-2-3-4-13-21-18-7-5-16(6-8-18)14-20-15-17-9-11-19-12-10-17/h5-8,17H,2-4,9-15H2,1H3. The van der Waals surface area contributed by atoms with Gasteiger partial charge in [-0.1, -0.05) is 31.9 Å². The minimum atomic E-state index is 0.698. The van der Waals surface area contributed by atoms with E-state index in [2.05, 4.69) is 24.4 Å². The van der Waals surface area contributed by atoms with Crippen molar-refractivity contribution < 1.29 is 9.47 Å². The lowest BCUT2D eigenvalue weighted by Gasteiger charge is -2.21. The van der Waals surface area contributed by atoms with Gasteiger partial charge in [-0.15, -0.1) is 0 Å². The second-order valence-corrected chi connectivity index (χ2v) is 5.83. The third kappa shape index (κ3) is 6.49. The molecule has 3 heteroatoms. The summed E-state index contributed by atoms with van der Waals surface area (Å²) in [7, 11) is 0. The summed E-state index contributed by atoms with van der Waals surface area (Å²) in [5.41, 5.74) is 1.22. The quantitative estimate of drug-likeness (QED) is 0.648. The molecule has 2 rings (SSSR count). The summed E-state index contributed by atoms with van der Waals surface area (Å²) in [6, 6.07) is 8.30. The second kappa shape index (κ2) is 9.80. The van der Waals surface area contributed by atoms with Crippen LogP contribution in [0, 0.1) is 5.92 Å². The molecule has 1 aliphatic heterocycles. The van der Waals surface area contributed by atoms with Crippen LogP contribution >= 0.6 is 0 Å². The molecule has 0 amide bonds. The first-order valence-corrected chi connectivity index (χ1v) is 8.31. The molecule has 1 aromatic carbocycles. The maximum Gasteiger partial charge on any atom is 0.119 e. The first kappa shape index (κ1) is 16.3. The fraction of sp³-hybridized carbons (Fsp3) is 0.667. The van der Waals surface area contributed by atoms with Crippen molar-refractivity contribution >= 4 is 0 Å². The van der Waals surface area contributed by atoms with Crippen LogP contribution in [0.15, 0.2) is 24.3 Å². The van der Waals surface area contributed by atoms with Crippen LogP contribution in [0.4, 0.5) is 0 Å². The molecule has 1 aromatic rings. The fourth-order valence-electron chi connectivity index (χ4n) is 2.54. The SMILES string of the molecule is CCCCCOc1ccc(COCC2CC[N]CC2)cc1. The minimum Gasteiger partial charge on any atom is -0.494 e. The summed E-state index contributed by atoms with van der Waals surface area (Å²) < 4.78 is 11.5. The molecule has 0 spiro atoms. The molecular formula is C18H28NO2. The van der Waals surface area contributed by atoms with Gasteiger partial charge in [0.05, 0.1) is 13.2 Å². The van der Waals surface area contributed by atoms with Crippen molar-refractivity contribution in [3.05, 3.63) is 29.8 Å². The summed E-state index contributed by atoms with van der Waals surface area (Å²) in [6.07, 6.45) is 5.97. The van der Waals surface area contributed by atoms with Crippen LogP contribution in [0.3, 0.4) is 0 Å². The Kier molecular flexibility index (Phi) is 7.61. The van der Waals surface area contributed by atoms with E-state index in [1.165, 1.54) is 31.2 Å². The van der Waals surface area contributed by atoms with Crippen molar-refractivity contribution in [3.8, 4) is 5.75 Å². The van der Waals surface area contributed by atoms with Crippen molar-refractivity contribution in [2.45, 2.75) is 45.6 Å². The third-order valence-corrected chi connectivity index (χ3v) is 3.95. The lowest BCUT2D eigenvalue weighted by atomic mass is 9.99. The Hall–Kier alpha value is -1.06. The first-order valence-electron chi connectivity index (χ1n) is 8.31. The molecule has 1 aliphatic rings. The number of benzene rings is 1. The van der Waals surface area contributed by atoms with Gasteiger partial charge in [0.1, 0.15) is 5.75 Å². The van der Waals surface area contributed by atoms with Gasteiger partial charge in [0, 0.05) is 19.7 Å². The third-order valence-electron chi connectivity index (χ3n) is 3.95. The van der Waals surface area contributed by atoms with Gasteiger partial charge in [-0.3, -0.25) is 0 Å². The highest BCUT2D eigenvalue weighted by molar-refractivity contribution is 5.26. The number of unbranched alkanes of at least 4 members (excludes halogenated alkanes) is 2. The smallest absolute Gasteiger partial charge is 0.119 e. The molecule has 1 heterocycles. The molecule has 1 saturated heterocycles. The van der Waals surface area contributed by atoms with E-state index in [0.29, 0.717) is 12.5 Å². The maximum atomic E-state index is 5.83. The average molecular weight is 290 g/mol. The summed E-state index contributed by atoms with van der Waals surface area (Å²) in [5, 5.41) is 4.37. The summed E-state index contributed by atoms with van der Waals surface area (Å²) in [6.45, 7) is 6.61. The van der Waals surface area contributed by atoms with Crippen molar-refractivity contribution in [3.63, 3.8) is 0 Å². The van der Waals surface area contributed by atoms with Crippen LogP contribution in [0.25, 0.3) is 0 Å². The molecule has 0 bridgehead atoms. The molecule has 0 atom stereocenters. The molecule has 1 radical (unpaired) electrons. The van der Waals surface area contributed by atoms with E-state index in [-0.39, 0.29) is 0 Å². The van der Waals surface area contributed by atoms with E-state index >= 15 is 0 Å². The van der Waals surface area contributed by atoms with E-state index in [1.54, 1.807) is 0 Å². The minimum absolute atomic E-state index is 0.698. The Morgan fingerprint density at radius 3 is 2.57 bits per heavy atom. The highest BCUT2D eigenvalue weighted by Crippen LogP contribution is 2.16. The lowest BCUT2D eigenvalue weighted by Crippen LogP contribution is -2.25. The maximum absolute atomic E-state index is 5.83. The van der Waals surface area contributed by atoms with E-state index in [9.17, 15) is 0 Å². The van der Waals surface area contributed by atoms with Crippen LogP contribution in [0.5, 0.6) is 5.75 Å². The summed E-state index contributed by atoms with van der Waals surface area (Å²) in [5.74, 6) is 1.66. The predicted molar refractivity (Wildman–Crippen MR) is 85.7 cm³/mol. The van der Waals surface area contributed by atoms with E-state index in [4.69, 9.17) is 9.47 Å². The van der Waals surface area contributed by atoms with Crippen LogP contribution < -0.4 is 10.1 Å². The number of nitrogens with zero attached hydrogens (tertiary/aromatic N) is 1. The number of hydrogen-bond acceptors (Lipinski definition) is 2. The number of ether oxygens (including phenoxy) is 2. The molecule has 21 heavy (non-hydrogen) atoms. The number of hydrogen-bond donors (Lipinski definition) is 0. The monoisotopic (exact) mass is 290 g/mol. The van der Waals surface area contributed by atoms with Crippen molar-refractivity contribution in [2.24, 2.45) is 5.92 Å². The lowest BCUT2D eigenvalue weighted by molar-refractivity contribution is 0.0760. The van der Waals surface area contributed by atoms with Crippen molar-refractivity contribution in [2.75, 3.05) is 26.3 Å². The topological polar surface area (TPSA) is 32.6 Å². The van der Waals surface area contributed by atoms with Crippen LogP contribution in [-0.4, -0.2) is 26.3 Å². The van der Waals surface area contributed by atoms with Crippen LogP contribution in [0.2, 0.25) is 0 Å². The number of rotatable bonds is 9. The van der Waals surface area contributed by atoms with Gasteiger partial charge in [-0.25, -0.2) is 5.32 Å². The summed E-state index contributed by atoms with van der Waals surface area (Å²) in [4.78, 5) is 0. The highest BCUT2D eigenvalue weighted by Gasteiger charge is 2.13. The van der Waals surface area contributed by atoms with Gasteiger partial charge in [0.2, 0.25) is 0 Å². The van der Waals surface area contributed by atoms with E-state index in [1.807, 2.05) is 12.1 Å². The molecule has 3 nitrogen and oxygen atoms in total. The molecule has 0 saturated carbocycles. The fourth-order valence-corrected chi connectivity index (χ4v) is 2.54. The molecule has 1 fully saturated rings. The normalized spacial score (nSPS) is 16.0. The van der Waals surface area contributed by atoms with Gasteiger partial charge in [-0.05, 0) is 42.9 Å². The molecule has 0 N–H and O–H groups in total. The Morgan fingerprint density at radius 2 is 1.86 bits per heavy atom. The average Bonchev–Trinajstić information content (AvgIpc) is 2.54. The Morgan fingerprint density at radius 1 is 1.10 bits per heavy atom. The number of piperidine rings is 1. The van der Waals surface area contributed by atoms with Gasteiger partial charge in [-0.2, -0.15) is 0 Å². The Bertz CT molecular complexity index is 371. The second-order valence-electron chi connectivity index (χ2n) is 5.83. The van der Waals surface area contributed by atoms with Crippen LogP contribution in [-0.2, 0) is 11.3 Å². The zero-order chi connectivity index (χ0) is 14.8. The zero-order valence-corrected chi connectivity index (χ0v) is 13.2. The largest absolute Gasteiger partial charge is 0.494 e. The summed E-state index contributed by atoms with van der Waals surface area (Å²) >= 11 is 0. The molecule has 117 valence electrons. The van der Waals surface area contributed by atoms with Gasteiger partial charge in [0.15, 0.2) is 0 Å². The zero-order valence-electron chi connectivity index (χ0n) is 13.2. The van der Waals surface area contributed by atoms with Gasteiger partial charge >= 0.3 is 0 Å². The highest BCUT2D eigenvalue weighted by atomic mass is 16.5. The van der Waals surface area contributed by atoms with Crippen molar-refractivity contribution in [1.82, 2.24) is 5.32 Å². The van der Waals surface area contributed by atoms with E-state index < -0.39 is 0 Å². The van der Waals surface area contributed by atoms with Crippen LogP contribution in [0.1, 0.15) is 44.6 Å².